The number of urea groups is 1. The molecule has 3 nitrogen and oxygen atoms in total. The SMILES string of the molecule is O=C(NCCCc1cccc(F)c1)NC1CCCC1. The Labute approximate surface area is 113 Å². The van der Waals surface area contributed by atoms with E-state index in [1.165, 1.54) is 18.9 Å². The normalized spacial score (nSPS) is 15.4. The fourth-order valence-electron chi connectivity index (χ4n) is 2.49. The van der Waals surface area contributed by atoms with Crippen molar-refractivity contribution in [1.29, 1.82) is 0 Å². The van der Waals surface area contributed by atoms with Crippen LogP contribution in [0.2, 0.25) is 0 Å². The van der Waals surface area contributed by atoms with E-state index in [2.05, 4.69) is 10.6 Å². The highest BCUT2D eigenvalue weighted by atomic mass is 19.1. The van der Waals surface area contributed by atoms with Crippen molar-refractivity contribution in [3.8, 4) is 0 Å². The number of carbonyl (C=O) groups is 1. The Morgan fingerprint density at radius 3 is 2.84 bits per heavy atom. The van der Waals surface area contributed by atoms with Gasteiger partial charge >= 0.3 is 6.03 Å². The maximum atomic E-state index is 13.0. The molecule has 0 spiro atoms. The summed E-state index contributed by atoms with van der Waals surface area (Å²) in [5.74, 6) is -0.204. The largest absolute Gasteiger partial charge is 0.338 e. The van der Waals surface area contributed by atoms with Gasteiger partial charge in [0.05, 0.1) is 0 Å². The van der Waals surface area contributed by atoms with E-state index in [1.54, 1.807) is 12.1 Å². The van der Waals surface area contributed by atoms with E-state index >= 15 is 0 Å². The molecule has 2 N–H and O–H groups in total. The number of nitrogens with one attached hydrogen (secondary N) is 2. The number of amides is 2. The number of hydrogen-bond acceptors (Lipinski definition) is 1. The standard InChI is InChI=1S/C15H21FN2O/c16-13-7-3-5-12(11-13)6-4-10-17-15(19)18-14-8-1-2-9-14/h3,5,7,11,14H,1-2,4,6,8-10H2,(H2,17,18,19). The molecule has 0 radical (unpaired) electrons. The van der Waals surface area contributed by atoms with Crippen LogP contribution >= 0.6 is 0 Å². The van der Waals surface area contributed by atoms with Gasteiger partial charge in [-0.3, -0.25) is 0 Å². The Balaban J connectivity index is 1.59. The molecular weight excluding hydrogens is 243 g/mol. The Morgan fingerprint density at radius 1 is 1.32 bits per heavy atom. The van der Waals surface area contributed by atoms with E-state index in [9.17, 15) is 9.18 Å². The van der Waals surface area contributed by atoms with Gasteiger partial charge < -0.3 is 10.6 Å². The third-order valence-corrected chi connectivity index (χ3v) is 3.51. The van der Waals surface area contributed by atoms with Crippen LogP contribution in [0.3, 0.4) is 0 Å². The van der Waals surface area contributed by atoms with Gasteiger partial charge in [-0.1, -0.05) is 25.0 Å². The van der Waals surface area contributed by atoms with Crippen LogP contribution in [0.5, 0.6) is 0 Å². The summed E-state index contributed by atoms with van der Waals surface area (Å²) < 4.78 is 13.0. The second-order valence-corrected chi connectivity index (χ2v) is 5.12. The predicted octanol–water partition coefficient (Wildman–Crippen LogP) is 3.00. The van der Waals surface area contributed by atoms with Crippen molar-refractivity contribution in [1.82, 2.24) is 10.6 Å². The highest BCUT2D eigenvalue weighted by Crippen LogP contribution is 2.17. The monoisotopic (exact) mass is 264 g/mol. The lowest BCUT2D eigenvalue weighted by Gasteiger charge is -2.12. The summed E-state index contributed by atoms with van der Waals surface area (Å²) >= 11 is 0. The van der Waals surface area contributed by atoms with Gasteiger partial charge in [0, 0.05) is 12.6 Å². The third-order valence-electron chi connectivity index (χ3n) is 3.51. The van der Waals surface area contributed by atoms with E-state index in [0.717, 1.165) is 31.2 Å². The van der Waals surface area contributed by atoms with Gasteiger partial charge in [0.25, 0.3) is 0 Å². The van der Waals surface area contributed by atoms with Crippen molar-refractivity contribution >= 4 is 6.03 Å². The Bertz CT molecular complexity index is 416. The molecule has 4 heteroatoms. The van der Waals surface area contributed by atoms with Gasteiger partial charge in [-0.2, -0.15) is 0 Å². The summed E-state index contributed by atoms with van der Waals surface area (Å²) in [6.07, 6.45) is 6.21. The van der Waals surface area contributed by atoms with Crippen molar-refractivity contribution in [3.63, 3.8) is 0 Å². The summed E-state index contributed by atoms with van der Waals surface area (Å²) in [7, 11) is 0. The number of aryl methyl sites for hydroxylation is 1. The summed E-state index contributed by atoms with van der Waals surface area (Å²) in [5, 5.41) is 5.83. The maximum absolute atomic E-state index is 13.0. The Hall–Kier alpha value is -1.58. The van der Waals surface area contributed by atoms with Crippen molar-refractivity contribution in [2.45, 2.75) is 44.6 Å². The van der Waals surface area contributed by atoms with Crippen LogP contribution in [0, 0.1) is 5.82 Å². The topological polar surface area (TPSA) is 41.1 Å². The molecule has 0 atom stereocenters. The molecule has 0 bridgehead atoms. The molecular formula is C15H21FN2O. The van der Waals surface area contributed by atoms with E-state index in [-0.39, 0.29) is 11.8 Å². The molecule has 1 aromatic carbocycles. The van der Waals surface area contributed by atoms with Gasteiger partial charge in [0.2, 0.25) is 0 Å². The maximum Gasteiger partial charge on any atom is 0.315 e. The first-order valence-electron chi connectivity index (χ1n) is 7.03. The smallest absolute Gasteiger partial charge is 0.315 e. The van der Waals surface area contributed by atoms with Crippen LogP contribution in [-0.4, -0.2) is 18.6 Å². The predicted molar refractivity (Wildman–Crippen MR) is 73.5 cm³/mol. The molecule has 2 rings (SSSR count). The van der Waals surface area contributed by atoms with Crippen molar-refractivity contribution in [2.24, 2.45) is 0 Å². The van der Waals surface area contributed by atoms with Crippen molar-refractivity contribution < 1.29 is 9.18 Å². The zero-order valence-corrected chi connectivity index (χ0v) is 11.1. The van der Waals surface area contributed by atoms with E-state index in [4.69, 9.17) is 0 Å². The molecule has 1 aliphatic rings. The quantitative estimate of drug-likeness (QED) is 0.789. The van der Waals surface area contributed by atoms with Gasteiger partial charge in [-0.25, -0.2) is 9.18 Å². The second kappa shape index (κ2) is 7.12. The molecule has 2 amide bonds. The Kier molecular flexibility index (Phi) is 5.19. The summed E-state index contributed by atoms with van der Waals surface area (Å²) in [6, 6.07) is 6.87. The van der Waals surface area contributed by atoms with Crippen LogP contribution in [0.4, 0.5) is 9.18 Å². The van der Waals surface area contributed by atoms with Gasteiger partial charge in [0.1, 0.15) is 5.82 Å². The molecule has 1 saturated carbocycles. The molecule has 0 unspecified atom stereocenters. The minimum Gasteiger partial charge on any atom is -0.338 e. The van der Waals surface area contributed by atoms with Gasteiger partial charge in [-0.15, -0.1) is 0 Å². The number of rotatable bonds is 5. The summed E-state index contributed by atoms with van der Waals surface area (Å²) in [4.78, 5) is 11.6. The first-order valence-corrected chi connectivity index (χ1v) is 7.03. The van der Waals surface area contributed by atoms with Crippen LogP contribution in [0.15, 0.2) is 24.3 Å². The van der Waals surface area contributed by atoms with Crippen molar-refractivity contribution in [2.75, 3.05) is 6.54 Å². The molecule has 1 fully saturated rings. The fourth-order valence-corrected chi connectivity index (χ4v) is 2.49. The molecule has 0 aliphatic heterocycles. The minimum absolute atomic E-state index is 0.0776. The molecule has 0 heterocycles. The molecule has 1 aliphatic carbocycles. The third kappa shape index (κ3) is 4.89. The molecule has 19 heavy (non-hydrogen) atoms. The second-order valence-electron chi connectivity index (χ2n) is 5.12. The minimum atomic E-state index is -0.204. The molecule has 0 aromatic heterocycles. The fraction of sp³-hybridized carbons (Fsp3) is 0.533. The van der Waals surface area contributed by atoms with E-state index < -0.39 is 0 Å². The number of benzene rings is 1. The average Bonchev–Trinajstić information content (AvgIpc) is 2.87. The lowest BCUT2D eigenvalue weighted by atomic mass is 10.1. The van der Waals surface area contributed by atoms with Crippen LogP contribution in [-0.2, 0) is 6.42 Å². The summed E-state index contributed by atoms with van der Waals surface area (Å²) in [5.41, 5.74) is 0.970. The zero-order valence-electron chi connectivity index (χ0n) is 11.1. The lowest BCUT2D eigenvalue weighted by Crippen LogP contribution is -2.41. The zero-order chi connectivity index (χ0) is 13.5. The average molecular weight is 264 g/mol. The molecule has 1 aromatic rings. The van der Waals surface area contributed by atoms with Gasteiger partial charge in [0.15, 0.2) is 0 Å². The number of carbonyl (C=O) groups excluding carboxylic acids is 1. The van der Waals surface area contributed by atoms with Crippen LogP contribution in [0.1, 0.15) is 37.7 Å². The van der Waals surface area contributed by atoms with Crippen molar-refractivity contribution in [3.05, 3.63) is 35.6 Å². The highest BCUT2D eigenvalue weighted by Gasteiger charge is 2.16. The number of halogens is 1. The molecule has 0 saturated heterocycles. The Morgan fingerprint density at radius 2 is 2.11 bits per heavy atom. The highest BCUT2D eigenvalue weighted by molar-refractivity contribution is 5.74. The lowest BCUT2D eigenvalue weighted by molar-refractivity contribution is 0.237. The first-order chi connectivity index (χ1) is 9.24. The van der Waals surface area contributed by atoms with E-state index in [0.29, 0.717) is 12.6 Å². The summed E-state index contributed by atoms with van der Waals surface area (Å²) in [6.45, 7) is 0.620. The van der Waals surface area contributed by atoms with E-state index in [1.807, 2.05) is 6.07 Å². The van der Waals surface area contributed by atoms with Crippen LogP contribution < -0.4 is 10.6 Å². The first kappa shape index (κ1) is 13.8. The molecule has 104 valence electrons. The van der Waals surface area contributed by atoms with Gasteiger partial charge in [-0.05, 0) is 43.4 Å². The van der Waals surface area contributed by atoms with Crippen LogP contribution in [0.25, 0.3) is 0 Å². The number of hydrogen-bond donors (Lipinski definition) is 2.